The fourth-order valence-electron chi connectivity index (χ4n) is 1.87. The molecule has 0 aromatic carbocycles. The predicted molar refractivity (Wildman–Crippen MR) is 48.0 cm³/mol. The van der Waals surface area contributed by atoms with Crippen LogP contribution < -0.4 is 5.73 Å². The van der Waals surface area contributed by atoms with Crippen molar-refractivity contribution in [3.8, 4) is 0 Å². The highest BCUT2D eigenvalue weighted by Crippen LogP contribution is 2.42. The fraction of sp³-hybridized carbons (Fsp3) is 0.600. The third-order valence-corrected chi connectivity index (χ3v) is 2.89. The molecule has 1 aliphatic rings. The van der Waals surface area contributed by atoms with E-state index in [1.807, 2.05) is 0 Å². The Balaban J connectivity index is 2.13. The number of hydrogen-bond donors (Lipinski definition) is 1. The number of nitrogens with two attached hydrogens (primary N) is 1. The predicted octanol–water partition coefficient (Wildman–Crippen LogP) is 2.64. The average molecular weight is 201 g/mol. The summed E-state index contributed by atoms with van der Waals surface area (Å²) in [6, 6.07) is 3.49. The summed E-state index contributed by atoms with van der Waals surface area (Å²) in [7, 11) is 0. The number of halogens is 2. The molecule has 0 radical (unpaired) electrons. The van der Waals surface area contributed by atoms with Gasteiger partial charge in [0.2, 0.25) is 5.92 Å². The van der Waals surface area contributed by atoms with E-state index in [2.05, 4.69) is 0 Å². The van der Waals surface area contributed by atoms with Gasteiger partial charge in [0.05, 0.1) is 11.8 Å². The van der Waals surface area contributed by atoms with Gasteiger partial charge in [-0.15, -0.1) is 0 Å². The van der Waals surface area contributed by atoms with Gasteiger partial charge in [0.1, 0.15) is 5.76 Å². The van der Waals surface area contributed by atoms with Crippen LogP contribution in [0.5, 0.6) is 0 Å². The van der Waals surface area contributed by atoms with Gasteiger partial charge < -0.3 is 10.2 Å². The summed E-state index contributed by atoms with van der Waals surface area (Å²) in [6.45, 7) is 0. The molecule has 0 saturated heterocycles. The summed E-state index contributed by atoms with van der Waals surface area (Å²) in [5.74, 6) is -1.93. The van der Waals surface area contributed by atoms with E-state index < -0.39 is 11.5 Å². The van der Waals surface area contributed by atoms with Crippen molar-refractivity contribution in [2.45, 2.75) is 37.1 Å². The third kappa shape index (κ3) is 1.66. The van der Waals surface area contributed by atoms with Crippen molar-refractivity contribution < 1.29 is 13.2 Å². The van der Waals surface area contributed by atoms with Crippen LogP contribution in [-0.4, -0.2) is 5.92 Å². The Morgan fingerprint density at radius 1 is 1.21 bits per heavy atom. The molecular weight excluding hydrogens is 188 g/mol. The second kappa shape index (κ2) is 3.05. The van der Waals surface area contributed by atoms with Gasteiger partial charge in [-0.3, -0.25) is 0 Å². The van der Waals surface area contributed by atoms with Gasteiger partial charge in [0, 0.05) is 12.8 Å². The second-order valence-corrected chi connectivity index (χ2v) is 3.99. The van der Waals surface area contributed by atoms with Gasteiger partial charge in [0.15, 0.2) is 0 Å². The molecule has 1 aromatic heterocycles. The van der Waals surface area contributed by atoms with Crippen molar-refractivity contribution in [2.24, 2.45) is 5.73 Å². The van der Waals surface area contributed by atoms with Crippen LogP contribution in [0.1, 0.15) is 31.4 Å². The zero-order valence-electron chi connectivity index (χ0n) is 7.80. The Morgan fingerprint density at radius 2 is 1.86 bits per heavy atom. The highest BCUT2D eigenvalue weighted by atomic mass is 19.3. The standard InChI is InChI=1S/C10H13F2NO/c11-10(12)5-3-9(13,4-6-10)8-2-1-7-14-8/h1-2,7H,3-6,13H2. The first kappa shape index (κ1) is 9.65. The minimum Gasteiger partial charge on any atom is -0.467 e. The highest BCUT2D eigenvalue weighted by molar-refractivity contribution is 5.13. The molecule has 1 heterocycles. The Bertz CT molecular complexity index is 298. The van der Waals surface area contributed by atoms with E-state index in [0.29, 0.717) is 5.76 Å². The molecule has 2 N–H and O–H groups in total. The molecule has 1 aromatic rings. The molecule has 1 aliphatic carbocycles. The maximum Gasteiger partial charge on any atom is 0.248 e. The zero-order valence-corrected chi connectivity index (χ0v) is 7.80. The summed E-state index contributed by atoms with van der Waals surface area (Å²) in [5, 5.41) is 0. The van der Waals surface area contributed by atoms with Crippen LogP contribution in [0.2, 0.25) is 0 Å². The van der Waals surface area contributed by atoms with Crippen LogP contribution in [0.15, 0.2) is 22.8 Å². The molecule has 1 saturated carbocycles. The first-order valence-corrected chi connectivity index (χ1v) is 4.73. The molecule has 0 amide bonds. The van der Waals surface area contributed by atoms with E-state index in [4.69, 9.17) is 10.2 Å². The zero-order chi connectivity index (χ0) is 10.2. The lowest BCUT2D eigenvalue weighted by Crippen LogP contribution is -2.43. The lowest BCUT2D eigenvalue weighted by Gasteiger charge is -2.35. The maximum atomic E-state index is 12.9. The molecule has 78 valence electrons. The number of furan rings is 1. The molecule has 2 rings (SSSR count). The van der Waals surface area contributed by atoms with Crippen LogP contribution in [0.25, 0.3) is 0 Å². The molecule has 0 spiro atoms. The summed E-state index contributed by atoms with van der Waals surface area (Å²) < 4.78 is 31.0. The maximum absolute atomic E-state index is 12.9. The number of rotatable bonds is 1. The summed E-state index contributed by atoms with van der Waals surface area (Å²) in [5.41, 5.74) is 5.33. The van der Waals surface area contributed by atoms with Gasteiger partial charge in [-0.2, -0.15) is 0 Å². The second-order valence-electron chi connectivity index (χ2n) is 3.99. The Labute approximate surface area is 81.1 Å². The van der Waals surface area contributed by atoms with Crippen molar-refractivity contribution in [2.75, 3.05) is 0 Å². The lowest BCUT2D eigenvalue weighted by molar-refractivity contribution is -0.0538. The molecule has 0 aliphatic heterocycles. The topological polar surface area (TPSA) is 39.2 Å². The first-order valence-electron chi connectivity index (χ1n) is 4.73. The van der Waals surface area contributed by atoms with Crippen molar-refractivity contribution >= 4 is 0 Å². The Hall–Kier alpha value is -0.900. The molecule has 0 unspecified atom stereocenters. The van der Waals surface area contributed by atoms with Gasteiger partial charge in [-0.25, -0.2) is 8.78 Å². The minimum atomic E-state index is -2.55. The van der Waals surface area contributed by atoms with Crippen molar-refractivity contribution in [3.63, 3.8) is 0 Å². The van der Waals surface area contributed by atoms with Crippen LogP contribution >= 0.6 is 0 Å². The van der Waals surface area contributed by atoms with Crippen molar-refractivity contribution in [3.05, 3.63) is 24.2 Å². The van der Waals surface area contributed by atoms with E-state index >= 15 is 0 Å². The normalized spacial score (nSPS) is 24.8. The van der Waals surface area contributed by atoms with Crippen LogP contribution in [-0.2, 0) is 5.54 Å². The molecule has 4 heteroatoms. The van der Waals surface area contributed by atoms with E-state index in [1.54, 1.807) is 12.1 Å². The Kier molecular flexibility index (Phi) is 2.10. The van der Waals surface area contributed by atoms with E-state index in [0.717, 1.165) is 0 Å². The van der Waals surface area contributed by atoms with E-state index in [1.165, 1.54) is 6.26 Å². The van der Waals surface area contributed by atoms with Gasteiger partial charge in [-0.05, 0) is 25.0 Å². The van der Waals surface area contributed by atoms with Crippen LogP contribution in [0.3, 0.4) is 0 Å². The average Bonchev–Trinajstić information content (AvgIpc) is 2.64. The molecular formula is C10H13F2NO. The van der Waals surface area contributed by atoms with Gasteiger partial charge in [0.25, 0.3) is 0 Å². The van der Waals surface area contributed by atoms with Crippen molar-refractivity contribution in [1.29, 1.82) is 0 Å². The van der Waals surface area contributed by atoms with Crippen molar-refractivity contribution in [1.82, 2.24) is 0 Å². The Morgan fingerprint density at radius 3 is 2.36 bits per heavy atom. The highest BCUT2D eigenvalue weighted by Gasteiger charge is 2.43. The number of hydrogen-bond acceptors (Lipinski definition) is 2. The minimum absolute atomic E-state index is 0.149. The fourth-order valence-corrected chi connectivity index (χ4v) is 1.87. The molecule has 1 fully saturated rings. The summed E-state index contributed by atoms with van der Waals surface area (Å²) >= 11 is 0. The lowest BCUT2D eigenvalue weighted by atomic mass is 9.79. The largest absolute Gasteiger partial charge is 0.467 e. The molecule has 0 bridgehead atoms. The molecule has 14 heavy (non-hydrogen) atoms. The van der Waals surface area contributed by atoms with Gasteiger partial charge >= 0.3 is 0 Å². The molecule has 0 atom stereocenters. The molecule has 2 nitrogen and oxygen atoms in total. The van der Waals surface area contributed by atoms with Crippen LogP contribution in [0, 0.1) is 0 Å². The summed E-state index contributed by atoms with van der Waals surface area (Å²) in [6.07, 6.45) is 1.80. The number of alkyl halides is 2. The van der Waals surface area contributed by atoms with E-state index in [-0.39, 0.29) is 25.7 Å². The monoisotopic (exact) mass is 201 g/mol. The van der Waals surface area contributed by atoms with Gasteiger partial charge in [-0.1, -0.05) is 0 Å². The van der Waals surface area contributed by atoms with Crippen LogP contribution in [0.4, 0.5) is 8.78 Å². The quantitative estimate of drug-likeness (QED) is 0.758. The smallest absolute Gasteiger partial charge is 0.248 e. The summed E-state index contributed by atoms with van der Waals surface area (Å²) in [4.78, 5) is 0. The van der Waals surface area contributed by atoms with E-state index in [9.17, 15) is 8.78 Å². The first-order chi connectivity index (χ1) is 6.52. The third-order valence-electron chi connectivity index (χ3n) is 2.89. The SMILES string of the molecule is NC1(c2ccco2)CCC(F)(F)CC1.